The Kier molecular flexibility index (Phi) is 3.65. The summed E-state index contributed by atoms with van der Waals surface area (Å²) in [7, 11) is 0. The number of nitrogen functional groups attached to an aromatic ring is 1. The molecule has 0 radical (unpaired) electrons. The van der Waals surface area contributed by atoms with Gasteiger partial charge in [-0.05, 0) is 49.6 Å². The molecule has 1 saturated carbocycles. The fourth-order valence-corrected chi connectivity index (χ4v) is 2.50. The first-order chi connectivity index (χ1) is 10.1. The Morgan fingerprint density at radius 3 is 2.52 bits per heavy atom. The Morgan fingerprint density at radius 2 is 1.90 bits per heavy atom. The number of carbonyl (C=O) groups is 1. The molecule has 3 rings (SSSR count). The van der Waals surface area contributed by atoms with Crippen LogP contribution < -0.4 is 5.73 Å². The van der Waals surface area contributed by atoms with Crippen LogP contribution >= 0.6 is 0 Å². The first-order valence-corrected chi connectivity index (χ1v) is 7.35. The number of anilines is 1. The summed E-state index contributed by atoms with van der Waals surface area (Å²) < 4.78 is 0. The van der Waals surface area contributed by atoms with Gasteiger partial charge in [0.05, 0.1) is 0 Å². The van der Waals surface area contributed by atoms with Crippen molar-refractivity contribution in [1.29, 1.82) is 0 Å². The third kappa shape index (κ3) is 3.24. The maximum absolute atomic E-state index is 12.7. The number of rotatable bonds is 4. The van der Waals surface area contributed by atoms with Gasteiger partial charge in [-0.25, -0.2) is 0 Å². The Labute approximate surface area is 125 Å². The predicted molar refractivity (Wildman–Crippen MR) is 84.9 cm³/mol. The lowest BCUT2D eigenvalue weighted by Crippen LogP contribution is -2.32. The van der Waals surface area contributed by atoms with Crippen molar-refractivity contribution >= 4 is 11.6 Å². The molecule has 3 heteroatoms. The second-order valence-electron chi connectivity index (χ2n) is 5.78. The van der Waals surface area contributed by atoms with Crippen LogP contribution in [0.3, 0.4) is 0 Å². The van der Waals surface area contributed by atoms with E-state index in [1.54, 1.807) is 0 Å². The Morgan fingerprint density at radius 1 is 1.19 bits per heavy atom. The van der Waals surface area contributed by atoms with Crippen molar-refractivity contribution in [3.63, 3.8) is 0 Å². The molecule has 2 aromatic carbocycles. The number of amides is 1. The van der Waals surface area contributed by atoms with E-state index in [1.165, 1.54) is 5.56 Å². The largest absolute Gasteiger partial charge is 0.399 e. The third-order valence-electron chi connectivity index (χ3n) is 3.85. The predicted octanol–water partition coefficient (Wildman–Crippen LogP) is 3.38. The number of benzene rings is 2. The monoisotopic (exact) mass is 280 g/mol. The van der Waals surface area contributed by atoms with Crippen LogP contribution in [0.4, 0.5) is 5.69 Å². The first-order valence-electron chi connectivity index (χ1n) is 7.35. The molecular weight excluding hydrogens is 260 g/mol. The van der Waals surface area contributed by atoms with E-state index >= 15 is 0 Å². The van der Waals surface area contributed by atoms with Crippen LogP contribution in [0.2, 0.25) is 0 Å². The van der Waals surface area contributed by atoms with Gasteiger partial charge in [-0.2, -0.15) is 0 Å². The molecule has 1 amide bonds. The molecule has 1 aliphatic carbocycles. The Bertz CT molecular complexity index is 645. The van der Waals surface area contributed by atoms with Gasteiger partial charge in [0.1, 0.15) is 0 Å². The summed E-state index contributed by atoms with van der Waals surface area (Å²) in [6.45, 7) is 2.65. The van der Waals surface area contributed by atoms with Crippen molar-refractivity contribution in [3.8, 4) is 0 Å². The zero-order chi connectivity index (χ0) is 14.8. The van der Waals surface area contributed by atoms with E-state index in [1.807, 2.05) is 60.4 Å². The zero-order valence-electron chi connectivity index (χ0n) is 12.3. The molecule has 21 heavy (non-hydrogen) atoms. The molecule has 0 atom stereocenters. The van der Waals surface area contributed by atoms with Crippen molar-refractivity contribution in [3.05, 3.63) is 65.2 Å². The van der Waals surface area contributed by atoms with E-state index in [0.29, 0.717) is 12.6 Å². The highest BCUT2D eigenvalue weighted by atomic mass is 16.2. The number of aryl methyl sites for hydroxylation is 1. The Balaban J connectivity index is 1.81. The summed E-state index contributed by atoms with van der Waals surface area (Å²) >= 11 is 0. The molecule has 0 aromatic heterocycles. The molecule has 0 saturated heterocycles. The number of carbonyl (C=O) groups excluding carboxylic acids is 1. The average Bonchev–Trinajstić information content (AvgIpc) is 3.29. The molecule has 2 N–H and O–H groups in total. The molecule has 0 heterocycles. The Hall–Kier alpha value is -2.29. The van der Waals surface area contributed by atoms with Gasteiger partial charge in [0.15, 0.2) is 0 Å². The van der Waals surface area contributed by atoms with Crippen LogP contribution in [0.15, 0.2) is 48.5 Å². The fraction of sp³-hybridized carbons (Fsp3) is 0.278. The van der Waals surface area contributed by atoms with Gasteiger partial charge in [-0.15, -0.1) is 0 Å². The highest BCUT2D eigenvalue weighted by Crippen LogP contribution is 2.30. The quantitative estimate of drug-likeness (QED) is 0.873. The van der Waals surface area contributed by atoms with Gasteiger partial charge in [0, 0.05) is 23.8 Å². The van der Waals surface area contributed by atoms with E-state index in [4.69, 9.17) is 5.73 Å². The van der Waals surface area contributed by atoms with E-state index in [0.717, 1.165) is 29.7 Å². The SMILES string of the molecule is Cc1ccc(C(=O)N(Cc2cccc(N)c2)C2CC2)cc1. The smallest absolute Gasteiger partial charge is 0.254 e. The third-order valence-corrected chi connectivity index (χ3v) is 3.85. The molecule has 1 aliphatic rings. The summed E-state index contributed by atoms with van der Waals surface area (Å²) in [5.41, 5.74) is 9.58. The van der Waals surface area contributed by atoms with Crippen LogP contribution in [0.5, 0.6) is 0 Å². The first kappa shape index (κ1) is 13.7. The highest BCUT2D eigenvalue weighted by molar-refractivity contribution is 5.94. The van der Waals surface area contributed by atoms with Crippen molar-refractivity contribution < 1.29 is 4.79 Å². The minimum Gasteiger partial charge on any atom is -0.399 e. The van der Waals surface area contributed by atoms with Crippen molar-refractivity contribution in [1.82, 2.24) is 4.90 Å². The maximum atomic E-state index is 12.7. The summed E-state index contributed by atoms with van der Waals surface area (Å²) in [6, 6.07) is 15.9. The molecule has 0 spiro atoms. The normalized spacial score (nSPS) is 14.0. The minimum absolute atomic E-state index is 0.111. The molecule has 0 aliphatic heterocycles. The van der Waals surface area contributed by atoms with Crippen molar-refractivity contribution in [2.24, 2.45) is 0 Å². The van der Waals surface area contributed by atoms with Gasteiger partial charge in [0.2, 0.25) is 0 Å². The molecule has 1 fully saturated rings. The average molecular weight is 280 g/mol. The lowest BCUT2D eigenvalue weighted by atomic mass is 10.1. The van der Waals surface area contributed by atoms with Crippen molar-refractivity contribution in [2.75, 3.05) is 5.73 Å². The van der Waals surface area contributed by atoms with Crippen molar-refractivity contribution in [2.45, 2.75) is 32.4 Å². The van der Waals surface area contributed by atoms with E-state index in [-0.39, 0.29) is 5.91 Å². The summed E-state index contributed by atoms with van der Waals surface area (Å²) in [6.07, 6.45) is 2.19. The summed E-state index contributed by atoms with van der Waals surface area (Å²) in [5.74, 6) is 0.111. The second kappa shape index (κ2) is 5.60. The van der Waals surface area contributed by atoms with Gasteiger partial charge in [-0.3, -0.25) is 4.79 Å². The van der Waals surface area contributed by atoms with Crippen LogP contribution in [-0.4, -0.2) is 16.8 Å². The van der Waals surface area contributed by atoms with Crippen LogP contribution in [0.25, 0.3) is 0 Å². The van der Waals surface area contributed by atoms with Crippen LogP contribution in [-0.2, 0) is 6.54 Å². The molecule has 3 nitrogen and oxygen atoms in total. The number of nitrogens with two attached hydrogens (primary N) is 1. The number of hydrogen-bond acceptors (Lipinski definition) is 2. The topological polar surface area (TPSA) is 46.3 Å². The maximum Gasteiger partial charge on any atom is 0.254 e. The lowest BCUT2D eigenvalue weighted by molar-refractivity contribution is 0.0730. The van der Waals surface area contributed by atoms with E-state index in [2.05, 4.69) is 0 Å². The second-order valence-corrected chi connectivity index (χ2v) is 5.78. The minimum atomic E-state index is 0.111. The fourth-order valence-electron chi connectivity index (χ4n) is 2.50. The highest BCUT2D eigenvalue weighted by Gasteiger charge is 2.33. The van der Waals surface area contributed by atoms with Crippen LogP contribution in [0.1, 0.15) is 34.3 Å². The van der Waals surface area contributed by atoms with Gasteiger partial charge >= 0.3 is 0 Å². The number of nitrogens with zero attached hydrogens (tertiary/aromatic N) is 1. The van der Waals surface area contributed by atoms with Gasteiger partial charge in [-0.1, -0.05) is 29.8 Å². The van der Waals surface area contributed by atoms with E-state index < -0.39 is 0 Å². The zero-order valence-corrected chi connectivity index (χ0v) is 12.3. The molecule has 108 valence electrons. The lowest BCUT2D eigenvalue weighted by Gasteiger charge is -2.23. The summed E-state index contributed by atoms with van der Waals surface area (Å²) in [4.78, 5) is 14.7. The summed E-state index contributed by atoms with van der Waals surface area (Å²) in [5, 5.41) is 0. The standard InChI is InChI=1S/C18H20N2O/c1-13-5-7-15(8-6-13)18(21)20(17-9-10-17)12-14-3-2-4-16(19)11-14/h2-8,11,17H,9-10,12,19H2,1H3. The molecular formula is C18H20N2O. The molecule has 0 bridgehead atoms. The molecule has 2 aromatic rings. The van der Waals surface area contributed by atoms with E-state index in [9.17, 15) is 4.79 Å². The van der Waals surface area contributed by atoms with Gasteiger partial charge in [0.25, 0.3) is 5.91 Å². The number of hydrogen-bond donors (Lipinski definition) is 1. The van der Waals surface area contributed by atoms with Gasteiger partial charge < -0.3 is 10.6 Å². The molecule has 0 unspecified atom stereocenters. The van der Waals surface area contributed by atoms with Crippen LogP contribution in [0, 0.1) is 6.92 Å².